The van der Waals surface area contributed by atoms with Crippen molar-refractivity contribution in [3.63, 3.8) is 0 Å². The zero-order chi connectivity index (χ0) is 16.6. The molecular weight excluding hydrogens is 362 g/mol. The number of amides is 1. The van der Waals surface area contributed by atoms with Crippen LogP contribution in [0.1, 0.15) is 10.4 Å². The van der Waals surface area contributed by atoms with Crippen LogP contribution in [0, 0.1) is 5.82 Å². The number of aromatic nitrogens is 1. The molecule has 3 rings (SSSR count). The molecule has 0 aliphatic rings. The van der Waals surface area contributed by atoms with Crippen molar-refractivity contribution in [2.24, 2.45) is 0 Å². The molecule has 7 heteroatoms. The fourth-order valence-corrected chi connectivity index (χ4v) is 2.95. The quantitative estimate of drug-likeness (QED) is 0.640. The van der Waals surface area contributed by atoms with Gasteiger partial charge in [0, 0.05) is 11.6 Å². The number of nitrogens with one attached hydrogen (secondary N) is 1. The third-order valence-electron chi connectivity index (χ3n) is 3.19. The summed E-state index contributed by atoms with van der Waals surface area (Å²) in [4.78, 5) is 16.6. The average molecular weight is 370 g/mol. The second kappa shape index (κ2) is 6.32. The van der Waals surface area contributed by atoms with Crippen molar-refractivity contribution in [3.05, 3.63) is 69.0 Å². The fraction of sp³-hybridized carbons (Fsp3) is 0. The highest BCUT2D eigenvalue weighted by Crippen LogP contribution is 2.30. The Labute approximate surface area is 146 Å². The summed E-state index contributed by atoms with van der Waals surface area (Å²) >= 11 is 18.1. The number of nitrogens with zero attached hydrogens (tertiary/aromatic N) is 1. The van der Waals surface area contributed by atoms with E-state index in [1.54, 1.807) is 24.3 Å². The van der Waals surface area contributed by atoms with E-state index < -0.39 is 11.7 Å². The highest BCUT2D eigenvalue weighted by Gasteiger charge is 2.17. The van der Waals surface area contributed by atoms with E-state index in [-0.39, 0.29) is 21.3 Å². The molecule has 0 atom stereocenters. The van der Waals surface area contributed by atoms with Crippen LogP contribution in [-0.4, -0.2) is 10.9 Å². The lowest BCUT2D eigenvalue weighted by molar-refractivity contribution is 0.102. The van der Waals surface area contributed by atoms with Crippen molar-refractivity contribution in [2.45, 2.75) is 0 Å². The van der Waals surface area contributed by atoms with Gasteiger partial charge in [0.25, 0.3) is 5.91 Å². The molecule has 0 saturated carbocycles. The van der Waals surface area contributed by atoms with E-state index in [0.29, 0.717) is 15.9 Å². The van der Waals surface area contributed by atoms with Crippen molar-refractivity contribution in [3.8, 4) is 0 Å². The first-order valence-corrected chi connectivity index (χ1v) is 7.60. The monoisotopic (exact) mass is 368 g/mol. The summed E-state index contributed by atoms with van der Waals surface area (Å²) in [6, 6.07) is 8.67. The topological polar surface area (TPSA) is 42.0 Å². The summed E-state index contributed by atoms with van der Waals surface area (Å²) < 4.78 is 13.8. The fourth-order valence-electron chi connectivity index (χ4n) is 2.18. The van der Waals surface area contributed by atoms with Crippen molar-refractivity contribution >= 4 is 57.3 Å². The number of anilines is 1. The largest absolute Gasteiger partial charge is 0.320 e. The van der Waals surface area contributed by atoms with E-state index in [9.17, 15) is 9.18 Å². The molecule has 0 aliphatic heterocycles. The molecular formula is C16H8Cl3FN2O. The van der Waals surface area contributed by atoms with Gasteiger partial charge in [-0.15, -0.1) is 0 Å². The molecule has 0 saturated heterocycles. The van der Waals surface area contributed by atoms with Gasteiger partial charge in [0.15, 0.2) is 0 Å². The maximum Gasteiger partial charge on any atom is 0.258 e. The van der Waals surface area contributed by atoms with Gasteiger partial charge in [-0.3, -0.25) is 9.78 Å². The Morgan fingerprint density at radius 2 is 1.74 bits per heavy atom. The lowest BCUT2D eigenvalue weighted by atomic mass is 10.1. The summed E-state index contributed by atoms with van der Waals surface area (Å²) in [5, 5.41) is 3.71. The maximum absolute atomic E-state index is 13.8. The molecule has 1 aromatic heterocycles. The Morgan fingerprint density at radius 1 is 1.04 bits per heavy atom. The van der Waals surface area contributed by atoms with Gasteiger partial charge in [0.2, 0.25) is 0 Å². The van der Waals surface area contributed by atoms with Gasteiger partial charge in [-0.25, -0.2) is 4.39 Å². The van der Waals surface area contributed by atoms with Gasteiger partial charge >= 0.3 is 0 Å². The van der Waals surface area contributed by atoms with E-state index in [1.165, 1.54) is 12.3 Å². The molecule has 1 amide bonds. The lowest BCUT2D eigenvalue weighted by Gasteiger charge is -2.11. The zero-order valence-electron chi connectivity index (χ0n) is 11.4. The van der Waals surface area contributed by atoms with Crippen LogP contribution in [0.15, 0.2) is 42.6 Å². The summed E-state index contributed by atoms with van der Waals surface area (Å²) in [7, 11) is 0. The Kier molecular flexibility index (Phi) is 4.39. The highest BCUT2D eigenvalue weighted by atomic mass is 35.5. The van der Waals surface area contributed by atoms with Gasteiger partial charge in [0.05, 0.1) is 31.8 Å². The Morgan fingerprint density at radius 3 is 2.43 bits per heavy atom. The number of carbonyl (C=O) groups is 1. The number of hydrogen-bond acceptors (Lipinski definition) is 2. The number of hydrogen-bond donors (Lipinski definition) is 1. The maximum atomic E-state index is 13.8. The Bertz CT molecular complexity index is 910. The molecule has 0 unspecified atom stereocenters. The minimum atomic E-state index is -0.561. The molecule has 23 heavy (non-hydrogen) atoms. The number of halogens is 4. The van der Waals surface area contributed by atoms with Crippen molar-refractivity contribution in [2.75, 3.05) is 5.32 Å². The Balaban J connectivity index is 2.08. The second-order valence-electron chi connectivity index (χ2n) is 4.69. The van der Waals surface area contributed by atoms with Gasteiger partial charge in [-0.2, -0.15) is 0 Å². The normalized spacial score (nSPS) is 10.8. The number of carbonyl (C=O) groups excluding carboxylic acids is 1. The van der Waals surface area contributed by atoms with Crippen LogP contribution < -0.4 is 5.32 Å². The van der Waals surface area contributed by atoms with Crippen LogP contribution in [0.2, 0.25) is 15.1 Å². The number of pyridine rings is 1. The van der Waals surface area contributed by atoms with Crippen molar-refractivity contribution in [1.82, 2.24) is 4.98 Å². The van der Waals surface area contributed by atoms with Crippen molar-refractivity contribution < 1.29 is 9.18 Å². The summed E-state index contributed by atoms with van der Waals surface area (Å²) in [5.41, 5.74) is 0.661. The molecule has 0 radical (unpaired) electrons. The first-order chi connectivity index (χ1) is 11.0. The molecule has 1 N–H and O–H groups in total. The molecule has 0 bridgehead atoms. The standard InChI is InChI=1S/C16H8Cl3FN2O/c17-10-4-5-21-15-9(10)6-8(20)7-13(15)22-16(23)14-11(18)2-1-3-12(14)19/h1-7H,(H,22,23). The number of fused-ring (bicyclic) bond motifs is 1. The van der Waals surface area contributed by atoms with E-state index in [1.807, 2.05) is 0 Å². The average Bonchev–Trinajstić information content (AvgIpc) is 2.48. The molecule has 3 aromatic rings. The van der Waals surface area contributed by atoms with E-state index in [4.69, 9.17) is 34.8 Å². The molecule has 0 fully saturated rings. The van der Waals surface area contributed by atoms with Gasteiger partial charge in [0.1, 0.15) is 5.82 Å². The third kappa shape index (κ3) is 3.11. The predicted octanol–water partition coefficient (Wildman–Crippen LogP) is 5.59. The first-order valence-electron chi connectivity index (χ1n) is 6.46. The summed E-state index contributed by atoms with van der Waals surface area (Å²) in [5.74, 6) is -1.11. The number of rotatable bonds is 2. The smallest absolute Gasteiger partial charge is 0.258 e. The van der Waals surface area contributed by atoms with Gasteiger partial charge in [-0.1, -0.05) is 40.9 Å². The van der Waals surface area contributed by atoms with Gasteiger partial charge < -0.3 is 5.32 Å². The van der Waals surface area contributed by atoms with Gasteiger partial charge in [-0.05, 0) is 30.3 Å². The lowest BCUT2D eigenvalue weighted by Crippen LogP contribution is -2.14. The van der Waals surface area contributed by atoms with Crippen LogP contribution >= 0.6 is 34.8 Å². The number of benzene rings is 2. The second-order valence-corrected chi connectivity index (χ2v) is 5.91. The highest BCUT2D eigenvalue weighted by molar-refractivity contribution is 6.40. The van der Waals surface area contributed by atoms with Crippen LogP contribution in [0.3, 0.4) is 0 Å². The van der Waals surface area contributed by atoms with Crippen LogP contribution in [-0.2, 0) is 0 Å². The molecule has 1 heterocycles. The van der Waals surface area contributed by atoms with E-state index in [2.05, 4.69) is 10.3 Å². The SMILES string of the molecule is O=C(Nc1cc(F)cc2c(Cl)ccnc12)c1c(Cl)cccc1Cl. The zero-order valence-corrected chi connectivity index (χ0v) is 13.7. The predicted molar refractivity (Wildman–Crippen MR) is 91.1 cm³/mol. The summed E-state index contributed by atoms with van der Waals surface area (Å²) in [6.07, 6.45) is 1.47. The van der Waals surface area contributed by atoms with Crippen molar-refractivity contribution in [1.29, 1.82) is 0 Å². The van der Waals surface area contributed by atoms with E-state index >= 15 is 0 Å². The Hall–Kier alpha value is -1.88. The molecule has 3 nitrogen and oxygen atoms in total. The molecule has 2 aromatic carbocycles. The minimum Gasteiger partial charge on any atom is -0.320 e. The van der Waals surface area contributed by atoms with E-state index in [0.717, 1.165) is 6.07 Å². The minimum absolute atomic E-state index is 0.107. The first kappa shape index (κ1) is 16.0. The van der Waals surface area contributed by atoms with Crippen LogP contribution in [0.4, 0.5) is 10.1 Å². The molecule has 0 aliphatic carbocycles. The summed E-state index contributed by atoms with van der Waals surface area (Å²) in [6.45, 7) is 0. The molecule has 0 spiro atoms. The van der Waals surface area contributed by atoms with Crippen LogP contribution in [0.25, 0.3) is 10.9 Å². The molecule has 116 valence electrons. The third-order valence-corrected chi connectivity index (χ3v) is 4.15. The van der Waals surface area contributed by atoms with Crippen LogP contribution in [0.5, 0.6) is 0 Å².